The Kier molecular flexibility index (Phi) is 20.1. The van der Waals surface area contributed by atoms with Crippen molar-refractivity contribution < 1.29 is 9.59 Å². The number of rotatable bonds is 11. The van der Waals surface area contributed by atoms with Crippen molar-refractivity contribution in [1.29, 1.82) is 0 Å². The Morgan fingerprint density at radius 1 is 0.731 bits per heavy atom. The topological polar surface area (TPSA) is 200 Å². The predicted octanol–water partition coefficient (Wildman–Crippen LogP) is -1.68. The molecule has 2 amide bonds. The number of aryl methyl sites for hydroxylation is 1. The molecule has 4 heterocycles. The molecule has 294 valence electrons. The van der Waals surface area contributed by atoms with Crippen LogP contribution in [0.2, 0.25) is 0 Å². The van der Waals surface area contributed by atoms with Gasteiger partial charge in [0.05, 0.1) is 19.4 Å². The summed E-state index contributed by atoms with van der Waals surface area (Å²) in [6.07, 6.45) is 7.38. The summed E-state index contributed by atoms with van der Waals surface area (Å²) >= 11 is 0. The van der Waals surface area contributed by atoms with E-state index in [1.165, 1.54) is 0 Å². The normalized spacial score (nSPS) is 20.0. The van der Waals surface area contributed by atoms with Crippen molar-refractivity contribution in [1.82, 2.24) is 66.5 Å². The number of aromatic amines is 1. The van der Waals surface area contributed by atoms with E-state index in [0.717, 1.165) is 143 Å². The molecule has 17 heteroatoms. The molecule has 1 atom stereocenters. The fourth-order valence-electron chi connectivity index (χ4n) is 6.49. The number of hydrogen-bond donors (Lipinski definition) is 9. The van der Waals surface area contributed by atoms with Gasteiger partial charge in [-0.15, -0.1) is 0 Å². The van der Waals surface area contributed by atoms with Crippen molar-refractivity contribution in [2.45, 2.75) is 52.0 Å². The Labute approximate surface area is 309 Å². The Balaban J connectivity index is 1.25. The van der Waals surface area contributed by atoms with Gasteiger partial charge in [0, 0.05) is 65.4 Å². The average Bonchev–Trinajstić information content (AvgIpc) is 3.54. The molecular formula is C35H66N14O3. The summed E-state index contributed by atoms with van der Waals surface area (Å²) in [6.45, 7) is 18.3. The molecule has 52 heavy (non-hydrogen) atoms. The highest BCUT2D eigenvalue weighted by molar-refractivity contribution is 5.91. The van der Waals surface area contributed by atoms with Crippen molar-refractivity contribution in [3.63, 3.8) is 0 Å². The average molecular weight is 731 g/mol. The van der Waals surface area contributed by atoms with Gasteiger partial charge in [-0.2, -0.15) is 4.98 Å². The van der Waals surface area contributed by atoms with Crippen LogP contribution in [0.25, 0.3) is 11.2 Å². The van der Waals surface area contributed by atoms with E-state index < -0.39 is 5.56 Å². The lowest BCUT2D eigenvalue weighted by molar-refractivity contribution is -0.122. The lowest BCUT2D eigenvalue weighted by Crippen LogP contribution is -2.43. The van der Waals surface area contributed by atoms with Crippen LogP contribution in [0.15, 0.2) is 11.1 Å². The second-order valence-corrected chi connectivity index (χ2v) is 13.9. The van der Waals surface area contributed by atoms with Gasteiger partial charge < -0.3 is 41.8 Å². The Bertz CT molecular complexity index is 1330. The first kappa shape index (κ1) is 41.7. The molecule has 9 N–H and O–H groups in total. The van der Waals surface area contributed by atoms with Crippen LogP contribution in [-0.4, -0.2) is 165 Å². The molecular weight excluding hydrogens is 664 g/mol. The summed E-state index contributed by atoms with van der Waals surface area (Å²) in [6, 6.07) is 0. The third-order valence-electron chi connectivity index (χ3n) is 9.65. The van der Waals surface area contributed by atoms with Crippen LogP contribution in [-0.2, 0) is 16.1 Å². The summed E-state index contributed by atoms with van der Waals surface area (Å²) in [7, 11) is 0. The third-order valence-corrected chi connectivity index (χ3v) is 9.65. The number of hydrogen-bond acceptors (Lipinski definition) is 13. The Morgan fingerprint density at radius 3 is 1.85 bits per heavy atom. The van der Waals surface area contributed by atoms with Gasteiger partial charge in [0.2, 0.25) is 17.8 Å². The molecule has 4 rings (SSSR count). The molecule has 0 aliphatic carbocycles. The molecule has 0 spiro atoms. The summed E-state index contributed by atoms with van der Waals surface area (Å²) in [4.78, 5) is 55.0. The number of H-pyrrole nitrogens is 1. The van der Waals surface area contributed by atoms with E-state index in [9.17, 15) is 14.4 Å². The second kappa shape index (κ2) is 25.1. The van der Waals surface area contributed by atoms with E-state index in [-0.39, 0.29) is 35.7 Å². The molecule has 2 aliphatic heterocycles. The van der Waals surface area contributed by atoms with Gasteiger partial charge in [-0.3, -0.25) is 34.5 Å². The van der Waals surface area contributed by atoms with Gasteiger partial charge in [-0.1, -0.05) is 13.3 Å². The number of fused-ring (bicyclic) bond motifs is 1. The van der Waals surface area contributed by atoms with Crippen molar-refractivity contribution in [3.05, 3.63) is 16.7 Å². The van der Waals surface area contributed by atoms with E-state index in [0.29, 0.717) is 25.3 Å². The van der Waals surface area contributed by atoms with Gasteiger partial charge in [0.25, 0.3) is 5.56 Å². The number of aromatic nitrogens is 4. The van der Waals surface area contributed by atoms with Crippen LogP contribution >= 0.6 is 0 Å². The summed E-state index contributed by atoms with van der Waals surface area (Å²) in [5.74, 6) is 0.185. The van der Waals surface area contributed by atoms with Gasteiger partial charge in [0.15, 0.2) is 11.2 Å². The van der Waals surface area contributed by atoms with Crippen LogP contribution in [0.4, 0.5) is 5.95 Å². The van der Waals surface area contributed by atoms with Crippen LogP contribution in [0.1, 0.15) is 45.4 Å². The van der Waals surface area contributed by atoms with E-state index in [2.05, 4.69) is 74.2 Å². The standard InChI is InChI=1S/C35H66N14O3/c1-2-29(25-42-30(50)26-47-20-5-12-38-16-14-36-8-3-10-40-18-23-47)7-22-49-28-43-32-33(49)45-35(46-34(32)52)44-31(51)27-48-21-6-13-39-17-15-37-9-4-11-41-19-24-48/h28-29,36-41H,2-27H2,1H3,(H,42,50)(H2,44,45,46,51,52). The molecule has 2 aromatic rings. The summed E-state index contributed by atoms with van der Waals surface area (Å²) < 4.78 is 1.86. The van der Waals surface area contributed by atoms with Crippen molar-refractivity contribution in [3.8, 4) is 0 Å². The van der Waals surface area contributed by atoms with Gasteiger partial charge in [-0.25, -0.2) is 4.98 Å². The maximum absolute atomic E-state index is 13.1. The molecule has 0 saturated carbocycles. The highest BCUT2D eigenvalue weighted by atomic mass is 16.2. The minimum atomic E-state index is -0.392. The largest absolute Gasteiger partial charge is 0.355 e. The highest BCUT2D eigenvalue weighted by Crippen LogP contribution is 2.13. The molecule has 0 bridgehead atoms. The lowest BCUT2D eigenvalue weighted by atomic mass is 10.0. The van der Waals surface area contributed by atoms with Crippen LogP contribution in [0.5, 0.6) is 0 Å². The zero-order valence-electron chi connectivity index (χ0n) is 31.5. The first-order valence-electron chi connectivity index (χ1n) is 19.7. The first-order valence-corrected chi connectivity index (χ1v) is 19.7. The quantitative estimate of drug-likeness (QED) is 0.127. The number of imidazole rings is 1. The fourth-order valence-corrected chi connectivity index (χ4v) is 6.49. The van der Waals surface area contributed by atoms with Crippen molar-refractivity contribution in [2.75, 3.05) is 130 Å². The van der Waals surface area contributed by atoms with Gasteiger partial charge in [-0.05, 0) is 90.4 Å². The third kappa shape index (κ3) is 16.3. The maximum Gasteiger partial charge on any atom is 0.280 e. The molecule has 0 radical (unpaired) electrons. The number of carbonyl (C=O) groups excluding carboxylic acids is 2. The number of carbonyl (C=O) groups is 2. The maximum atomic E-state index is 13.1. The summed E-state index contributed by atoms with van der Waals surface area (Å²) in [5, 5.41) is 26.8. The zero-order chi connectivity index (χ0) is 36.6. The first-order chi connectivity index (χ1) is 25.5. The monoisotopic (exact) mass is 731 g/mol. The van der Waals surface area contributed by atoms with Gasteiger partial charge >= 0.3 is 0 Å². The van der Waals surface area contributed by atoms with E-state index in [1.807, 2.05) is 4.57 Å². The molecule has 2 aromatic heterocycles. The molecule has 2 aliphatic rings. The molecule has 2 saturated heterocycles. The van der Waals surface area contributed by atoms with Crippen molar-refractivity contribution in [2.24, 2.45) is 5.92 Å². The van der Waals surface area contributed by atoms with Crippen molar-refractivity contribution >= 4 is 28.9 Å². The highest BCUT2D eigenvalue weighted by Gasteiger charge is 2.17. The van der Waals surface area contributed by atoms with E-state index >= 15 is 0 Å². The number of anilines is 1. The zero-order valence-corrected chi connectivity index (χ0v) is 31.5. The summed E-state index contributed by atoms with van der Waals surface area (Å²) in [5.41, 5.74) is 0.278. The Morgan fingerprint density at radius 2 is 1.27 bits per heavy atom. The van der Waals surface area contributed by atoms with Gasteiger partial charge in [0.1, 0.15) is 0 Å². The predicted molar refractivity (Wildman–Crippen MR) is 207 cm³/mol. The Hall–Kier alpha value is -3.03. The minimum absolute atomic E-state index is 0.0439. The van der Waals surface area contributed by atoms with Crippen LogP contribution < -0.4 is 48.1 Å². The molecule has 0 aromatic carbocycles. The fraction of sp³-hybridized carbons (Fsp3) is 0.800. The smallest absolute Gasteiger partial charge is 0.280 e. The van der Waals surface area contributed by atoms with Crippen LogP contribution in [0.3, 0.4) is 0 Å². The molecule has 1 unspecified atom stereocenters. The number of nitrogens with zero attached hydrogens (tertiary/aromatic N) is 5. The molecule has 17 nitrogen and oxygen atoms in total. The van der Waals surface area contributed by atoms with E-state index in [4.69, 9.17) is 0 Å². The van der Waals surface area contributed by atoms with E-state index in [1.54, 1.807) is 6.33 Å². The second-order valence-electron chi connectivity index (χ2n) is 13.9. The number of amides is 2. The molecule has 2 fully saturated rings. The number of nitrogens with one attached hydrogen (secondary N) is 9. The lowest BCUT2D eigenvalue weighted by Gasteiger charge is -2.23. The van der Waals surface area contributed by atoms with Crippen LogP contribution in [0, 0.1) is 5.92 Å². The minimum Gasteiger partial charge on any atom is -0.355 e. The SMILES string of the molecule is CCC(CCn1cnc2c(=O)[nH]c(NC(=O)CN3CCCNCCNCCCNCC3)nc21)CNC(=O)CN1CCCNCCNCCCNCC1.